The van der Waals surface area contributed by atoms with Crippen LogP contribution in [0.5, 0.6) is 0 Å². The Bertz CT molecular complexity index is 270. The smallest absolute Gasteiger partial charge is 0.0575 e. The van der Waals surface area contributed by atoms with Crippen LogP contribution in [-0.4, -0.2) is 13.3 Å². The molecule has 0 aliphatic heterocycles. The Balaban J connectivity index is 2.91. The van der Waals surface area contributed by atoms with Crippen molar-refractivity contribution in [1.29, 1.82) is 0 Å². The van der Waals surface area contributed by atoms with Crippen LogP contribution in [0, 0.1) is 0 Å². The van der Waals surface area contributed by atoms with Gasteiger partial charge in [-0.25, -0.2) is 5.43 Å². The van der Waals surface area contributed by atoms with Gasteiger partial charge in [0.25, 0.3) is 0 Å². The zero-order chi connectivity index (χ0) is 8.81. The molecule has 0 aromatic heterocycles. The molecule has 0 heterocycles. The summed E-state index contributed by atoms with van der Waals surface area (Å²) in [6, 6.07) is 7.73. The number of para-hydroxylation sites is 1. The van der Waals surface area contributed by atoms with E-state index in [4.69, 9.17) is 5.84 Å². The van der Waals surface area contributed by atoms with Crippen molar-refractivity contribution in [2.75, 3.05) is 12.5 Å². The second kappa shape index (κ2) is 4.35. The van der Waals surface area contributed by atoms with Crippen LogP contribution in [0.2, 0.25) is 0 Å². The average Bonchev–Trinajstić information content (AvgIpc) is 2.09. The number of hydrazine groups is 1. The molecule has 0 unspecified atom stereocenters. The van der Waals surface area contributed by atoms with Gasteiger partial charge in [-0.15, -0.1) is 0 Å². The largest absolute Gasteiger partial charge is 0.323 e. The summed E-state index contributed by atoms with van der Waals surface area (Å²) >= 11 is 0. The molecule has 0 aliphatic rings. The molecule has 0 atom stereocenters. The number of anilines is 1. The topological polar surface area (TPSA) is 62.4 Å². The van der Waals surface area contributed by atoms with Gasteiger partial charge in [0, 0.05) is 12.6 Å². The van der Waals surface area contributed by atoms with Crippen molar-refractivity contribution in [2.45, 2.75) is 0 Å². The lowest BCUT2D eigenvalue weighted by atomic mass is 10.2. The number of benzene rings is 1. The lowest BCUT2D eigenvalue weighted by Crippen LogP contribution is -2.16. The summed E-state index contributed by atoms with van der Waals surface area (Å²) in [5.74, 6) is 5.05. The molecule has 1 rings (SSSR count). The van der Waals surface area contributed by atoms with Crippen molar-refractivity contribution >= 4 is 11.9 Å². The number of nitrogens with zero attached hydrogens (tertiary/aromatic N) is 1. The third kappa shape index (κ3) is 1.96. The van der Waals surface area contributed by atoms with E-state index in [1.807, 2.05) is 24.3 Å². The maximum absolute atomic E-state index is 5.05. The molecule has 0 bridgehead atoms. The van der Waals surface area contributed by atoms with Crippen LogP contribution in [0.4, 0.5) is 5.69 Å². The summed E-state index contributed by atoms with van der Waals surface area (Å²) in [6.07, 6.45) is 1.60. The minimum absolute atomic E-state index is 0.953. The standard InChI is InChI=1S/C8H12N4/c1-10-12-8-5-3-2-4-7(8)6-11-9/h2-6,10,12H,9H2,1H3. The van der Waals surface area contributed by atoms with Crippen LogP contribution in [0.25, 0.3) is 0 Å². The van der Waals surface area contributed by atoms with Crippen LogP contribution < -0.4 is 16.7 Å². The van der Waals surface area contributed by atoms with Gasteiger partial charge in [0.2, 0.25) is 0 Å². The molecule has 0 spiro atoms. The SMILES string of the molecule is CNNc1ccccc1C=NN. The first-order chi connectivity index (χ1) is 5.88. The number of nitrogens with two attached hydrogens (primary N) is 1. The van der Waals surface area contributed by atoms with E-state index in [1.54, 1.807) is 13.3 Å². The van der Waals surface area contributed by atoms with Crippen LogP contribution in [0.3, 0.4) is 0 Å². The molecule has 0 radical (unpaired) electrons. The van der Waals surface area contributed by atoms with E-state index >= 15 is 0 Å². The highest BCUT2D eigenvalue weighted by atomic mass is 15.3. The predicted molar refractivity (Wildman–Crippen MR) is 50.9 cm³/mol. The van der Waals surface area contributed by atoms with E-state index in [0.29, 0.717) is 0 Å². The lowest BCUT2D eigenvalue weighted by Gasteiger charge is -2.06. The number of nitrogens with one attached hydrogen (secondary N) is 2. The first-order valence-electron chi connectivity index (χ1n) is 3.63. The Morgan fingerprint density at radius 2 is 2.17 bits per heavy atom. The second-order valence-electron chi connectivity index (χ2n) is 2.24. The van der Waals surface area contributed by atoms with Crippen molar-refractivity contribution in [3.63, 3.8) is 0 Å². The molecule has 12 heavy (non-hydrogen) atoms. The van der Waals surface area contributed by atoms with Gasteiger partial charge >= 0.3 is 0 Å². The van der Waals surface area contributed by atoms with Crippen LogP contribution in [-0.2, 0) is 0 Å². The maximum Gasteiger partial charge on any atom is 0.0575 e. The highest BCUT2D eigenvalue weighted by Gasteiger charge is 1.95. The zero-order valence-electron chi connectivity index (χ0n) is 6.91. The normalized spacial score (nSPS) is 10.4. The van der Waals surface area contributed by atoms with Crippen LogP contribution >= 0.6 is 0 Å². The van der Waals surface area contributed by atoms with E-state index in [9.17, 15) is 0 Å². The Labute approximate surface area is 71.4 Å². The molecule has 4 heteroatoms. The highest BCUT2D eigenvalue weighted by Crippen LogP contribution is 2.10. The summed E-state index contributed by atoms with van der Waals surface area (Å²) in [5.41, 5.74) is 7.70. The van der Waals surface area contributed by atoms with E-state index < -0.39 is 0 Å². The fourth-order valence-electron chi connectivity index (χ4n) is 0.938. The molecule has 4 nitrogen and oxygen atoms in total. The van der Waals surface area contributed by atoms with Gasteiger partial charge in [-0.05, 0) is 6.07 Å². The molecular weight excluding hydrogens is 152 g/mol. The van der Waals surface area contributed by atoms with E-state index in [-0.39, 0.29) is 0 Å². The van der Waals surface area contributed by atoms with Gasteiger partial charge < -0.3 is 11.3 Å². The van der Waals surface area contributed by atoms with E-state index in [0.717, 1.165) is 11.3 Å². The predicted octanol–water partition coefficient (Wildman–Crippen LogP) is 0.525. The van der Waals surface area contributed by atoms with E-state index in [2.05, 4.69) is 16.0 Å². The number of hydrogen-bond acceptors (Lipinski definition) is 4. The number of rotatable bonds is 3. The van der Waals surface area contributed by atoms with Crippen molar-refractivity contribution in [2.24, 2.45) is 10.9 Å². The molecule has 0 fully saturated rings. The summed E-state index contributed by atoms with van der Waals surface area (Å²) in [7, 11) is 1.80. The number of hydrazone groups is 1. The van der Waals surface area contributed by atoms with Gasteiger partial charge in [0.1, 0.15) is 0 Å². The summed E-state index contributed by atoms with van der Waals surface area (Å²) in [6.45, 7) is 0. The van der Waals surface area contributed by atoms with Gasteiger partial charge in [-0.2, -0.15) is 5.10 Å². The molecule has 64 valence electrons. The van der Waals surface area contributed by atoms with Crippen molar-refractivity contribution in [1.82, 2.24) is 5.43 Å². The van der Waals surface area contributed by atoms with Crippen molar-refractivity contribution in [3.8, 4) is 0 Å². The minimum atomic E-state index is 0.953. The molecule has 1 aromatic rings. The fourth-order valence-corrected chi connectivity index (χ4v) is 0.938. The van der Waals surface area contributed by atoms with Crippen molar-refractivity contribution in [3.05, 3.63) is 29.8 Å². The second-order valence-corrected chi connectivity index (χ2v) is 2.24. The van der Waals surface area contributed by atoms with Crippen LogP contribution in [0.15, 0.2) is 29.4 Å². The highest BCUT2D eigenvalue weighted by molar-refractivity contribution is 5.87. The lowest BCUT2D eigenvalue weighted by molar-refractivity contribution is 0.983. The summed E-state index contributed by atoms with van der Waals surface area (Å²) < 4.78 is 0. The fraction of sp³-hybridized carbons (Fsp3) is 0.125. The molecule has 1 aromatic carbocycles. The molecule has 0 saturated heterocycles. The average molecular weight is 164 g/mol. The molecular formula is C8H12N4. The Morgan fingerprint density at radius 3 is 2.83 bits per heavy atom. The Hall–Kier alpha value is -1.55. The third-order valence-corrected chi connectivity index (χ3v) is 1.43. The first kappa shape index (κ1) is 8.55. The summed E-state index contributed by atoms with van der Waals surface area (Å²) in [4.78, 5) is 0. The summed E-state index contributed by atoms with van der Waals surface area (Å²) in [5, 5.41) is 3.46. The molecule has 0 amide bonds. The molecule has 4 N–H and O–H groups in total. The van der Waals surface area contributed by atoms with Gasteiger partial charge in [0.05, 0.1) is 11.9 Å². The molecule has 0 aliphatic carbocycles. The Kier molecular flexibility index (Phi) is 3.10. The maximum atomic E-state index is 5.05. The van der Waals surface area contributed by atoms with Gasteiger partial charge in [-0.3, -0.25) is 0 Å². The number of hydrogen-bond donors (Lipinski definition) is 3. The third-order valence-electron chi connectivity index (χ3n) is 1.43. The quantitative estimate of drug-likeness (QED) is 0.347. The first-order valence-corrected chi connectivity index (χ1v) is 3.63. The van der Waals surface area contributed by atoms with E-state index in [1.165, 1.54) is 0 Å². The monoisotopic (exact) mass is 164 g/mol. The Morgan fingerprint density at radius 1 is 1.42 bits per heavy atom. The van der Waals surface area contributed by atoms with Gasteiger partial charge in [0.15, 0.2) is 0 Å². The van der Waals surface area contributed by atoms with Crippen molar-refractivity contribution < 1.29 is 0 Å². The molecule has 0 saturated carbocycles. The van der Waals surface area contributed by atoms with Gasteiger partial charge in [-0.1, -0.05) is 18.2 Å². The van der Waals surface area contributed by atoms with Crippen LogP contribution in [0.1, 0.15) is 5.56 Å². The minimum Gasteiger partial charge on any atom is -0.323 e. The zero-order valence-corrected chi connectivity index (χ0v) is 6.91.